The van der Waals surface area contributed by atoms with Crippen molar-refractivity contribution in [2.45, 2.75) is 30.8 Å². The topological polar surface area (TPSA) is 63.4 Å². The highest BCUT2D eigenvalue weighted by Crippen LogP contribution is 2.28. The van der Waals surface area contributed by atoms with E-state index in [0.717, 1.165) is 6.07 Å². The number of nitrogens with zero attached hydrogens (tertiary/aromatic N) is 1. The predicted octanol–water partition coefficient (Wildman–Crippen LogP) is 3.28. The summed E-state index contributed by atoms with van der Waals surface area (Å²) in [5, 5.41) is 0.0882. The number of benzene rings is 1. The molecule has 0 saturated carbocycles. The van der Waals surface area contributed by atoms with E-state index in [-0.39, 0.29) is 17.3 Å². The molecule has 0 fully saturated rings. The van der Waals surface area contributed by atoms with Crippen molar-refractivity contribution in [3.05, 3.63) is 23.2 Å². The average molecular weight is 345 g/mol. The van der Waals surface area contributed by atoms with E-state index >= 15 is 0 Å². The maximum Gasteiger partial charge on any atom is 0.402 e. The van der Waals surface area contributed by atoms with Crippen molar-refractivity contribution >= 4 is 27.3 Å². The third kappa shape index (κ3) is 5.05. The Balaban J connectivity index is 3.22. The molecule has 0 heterocycles. The van der Waals surface area contributed by atoms with E-state index in [1.165, 1.54) is 12.1 Å². The number of halogens is 4. The Hall–Kier alpha value is -0.990. The Labute approximate surface area is 126 Å². The summed E-state index contributed by atoms with van der Waals surface area (Å²) in [5.41, 5.74) is 5.42. The van der Waals surface area contributed by atoms with Gasteiger partial charge in [-0.2, -0.15) is 17.5 Å². The van der Waals surface area contributed by atoms with E-state index in [9.17, 15) is 21.6 Å². The van der Waals surface area contributed by atoms with Gasteiger partial charge in [-0.3, -0.25) is 0 Å². The molecule has 120 valence electrons. The summed E-state index contributed by atoms with van der Waals surface area (Å²) < 4.78 is 62.9. The molecule has 1 aromatic carbocycles. The minimum absolute atomic E-state index is 0.0882. The van der Waals surface area contributed by atoms with Gasteiger partial charge in [0.25, 0.3) is 0 Å². The van der Waals surface area contributed by atoms with Crippen LogP contribution in [0.1, 0.15) is 19.8 Å². The fourth-order valence-electron chi connectivity index (χ4n) is 1.69. The molecule has 0 aliphatic rings. The summed E-state index contributed by atoms with van der Waals surface area (Å²) in [5.74, 6) is 0. The molecule has 1 rings (SSSR count). The van der Waals surface area contributed by atoms with E-state index in [1.807, 2.05) is 0 Å². The zero-order chi connectivity index (χ0) is 16.3. The average Bonchev–Trinajstić information content (AvgIpc) is 2.35. The number of rotatable bonds is 6. The molecule has 0 spiro atoms. The summed E-state index contributed by atoms with van der Waals surface area (Å²) in [6.45, 7) is -0.0300. The van der Waals surface area contributed by atoms with Crippen molar-refractivity contribution in [1.29, 1.82) is 0 Å². The Morgan fingerprint density at radius 1 is 1.33 bits per heavy atom. The fourth-order valence-corrected chi connectivity index (χ4v) is 3.53. The number of hydrogen-bond acceptors (Lipinski definition) is 3. The van der Waals surface area contributed by atoms with Gasteiger partial charge in [0.1, 0.15) is 11.4 Å². The minimum Gasteiger partial charge on any atom is -0.398 e. The van der Waals surface area contributed by atoms with Gasteiger partial charge in [-0.15, -0.1) is 0 Å². The highest BCUT2D eigenvalue weighted by molar-refractivity contribution is 7.89. The minimum atomic E-state index is -4.63. The van der Waals surface area contributed by atoms with Gasteiger partial charge in [-0.25, -0.2) is 8.42 Å². The van der Waals surface area contributed by atoms with Crippen molar-refractivity contribution in [2.75, 3.05) is 18.8 Å². The molecule has 9 heteroatoms. The van der Waals surface area contributed by atoms with Crippen LogP contribution >= 0.6 is 11.6 Å². The van der Waals surface area contributed by atoms with E-state index in [1.54, 1.807) is 6.92 Å². The molecule has 0 aliphatic carbocycles. The SMILES string of the molecule is CCCCN(CC(F)(F)F)S(=O)(=O)c1cc(Cl)ccc1N. The third-order valence-electron chi connectivity index (χ3n) is 2.71. The summed E-state index contributed by atoms with van der Waals surface area (Å²) in [6.07, 6.45) is -3.75. The lowest BCUT2D eigenvalue weighted by atomic mass is 10.3. The summed E-state index contributed by atoms with van der Waals surface area (Å²) in [6, 6.07) is 3.68. The van der Waals surface area contributed by atoms with Crippen molar-refractivity contribution in [3.63, 3.8) is 0 Å². The molecular formula is C12H16ClF3N2O2S. The maximum absolute atomic E-state index is 12.6. The lowest BCUT2D eigenvalue weighted by molar-refractivity contribution is -0.136. The molecule has 0 aromatic heterocycles. The predicted molar refractivity (Wildman–Crippen MR) is 75.6 cm³/mol. The van der Waals surface area contributed by atoms with Gasteiger partial charge in [-0.1, -0.05) is 24.9 Å². The Kier molecular flexibility index (Phi) is 5.89. The van der Waals surface area contributed by atoms with Gasteiger partial charge in [0.2, 0.25) is 10.0 Å². The number of anilines is 1. The van der Waals surface area contributed by atoms with Crippen molar-refractivity contribution < 1.29 is 21.6 Å². The summed E-state index contributed by atoms with van der Waals surface area (Å²) >= 11 is 5.70. The van der Waals surface area contributed by atoms with Crippen molar-refractivity contribution in [3.8, 4) is 0 Å². The van der Waals surface area contributed by atoms with E-state index < -0.39 is 27.6 Å². The van der Waals surface area contributed by atoms with Crippen molar-refractivity contribution in [1.82, 2.24) is 4.31 Å². The number of alkyl halides is 3. The van der Waals surface area contributed by atoms with Crippen LogP contribution < -0.4 is 5.73 Å². The van der Waals surface area contributed by atoms with Gasteiger partial charge in [-0.05, 0) is 24.6 Å². The van der Waals surface area contributed by atoms with E-state index in [4.69, 9.17) is 17.3 Å². The molecule has 0 amide bonds. The zero-order valence-corrected chi connectivity index (χ0v) is 12.9. The number of nitrogen functional groups attached to an aromatic ring is 1. The first-order chi connectivity index (χ1) is 9.58. The normalized spacial score (nSPS) is 12.9. The first-order valence-electron chi connectivity index (χ1n) is 6.20. The zero-order valence-electron chi connectivity index (χ0n) is 11.3. The molecule has 0 atom stereocenters. The Morgan fingerprint density at radius 2 is 1.95 bits per heavy atom. The third-order valence-corrected chi connectivity index (χ3v) is 4.85. The molecule has 0 bridgehead atoms. The molecule has 4 nitrogen and oxygen atoms in total. The number of sulfonamides is 1. The standard InChI is InChI=1S/C12H16ClF3N2O2S/c1-2-3-6-18(8-12(14,15)16)21(19,20)11-7-9(13)4-5-10(11)17/h4-5,7H,2-3,6,8,17H2,1H3. The second kappa shape index (κ2) is 6.85. The second-order valence-electron chi connectivity index (χ2n) is 4.49. The lowest BCUT2D eigenvalue weighted by Crippen LogP contribution is -2.39. The highest BCUT2D eigenvalue weighted by atomic mass is 35.5. The fraction of sp³-hybridized carbons (Fsp3) is 0.500. The molecule has 1 aromatic rings. The van der Waals surface area contributed by atoms with Crippen molar-refractivity contribution in [2.24, 2.45) is 0 Å². The lowest BCUT2D eigenvalue weighted by Gasteiger charge is -2.24. The van der Waals surface area contributed by atoms with Crippen LogP contribution in [0.5, 0.6) is 0 Å². The van der Waals surface area contributed by atoms with E-state index in [0.29, 0.717) is 17.1 Å². The Bertz CT molecular complexity index is 591. The highest BCUT2D eigenvalue weighted by Gasteiger charge is 2.37. The first kappa shape index (κ1) is 18.1. The van der Waals surface area contributed by atoms with Crippen LogP contribution in [0.4, 0.5) is 18.9 Å². The first-order valence-corrected chi connectivity index (χ1v) is 8.01. The summed E-state index contributed by atoms with van der Waals surface area (Å²) in [7, 11) is -4.36. The quantitative estimate of drug-likeness (QED) is 0.805. The van der Waals surface area contributed by atoms with Crippen LogP contribution in [0.3, 0.4) is 0 Å². The van der Waals surface area contributed by atoms with Crippen LogP contribution in [-0.2, 0) is 10.0 Å². The molecule has 0 saturated heterocycles. The molecular weight excluding hydrogens is 329 g/mol. The largest absolute Gasteiger partial charge is 0.402 e. The number of hydrogen-bond donors (Lipinski definition) is 1. The smallest absolute Gasteiger partial charge is 0.398 e. The van der Waals surface area contributed by atoms with Crippen LogP contribution in [0, 0.1) is 0 Å². The molecule has 21 heavy (non-hydrogen) atoms. The summed E-state index contributed by atoms with van der Waals surface area (Å²) in [4.78, 5) is -0.407. The van der Waals surface area contributed by atoms with Crippen LogP contribution in [0.2, 0.25) is 5.02 Å². The van der Waals surface area contributed by atoms with Gasteiger partial charge in [0, 0.05) is 11.6 Å². The second-order valence-corrected chi connectivity index (χ2v) is 6.83. The molecule has 2 N–H and O–H groups in total. The van der Waals surface area contributed by atoms with E-state index in [2.05, 4.69) is 0 Å². The van der Waals surface area contributed by atoms with Gasteiger partial charge < -0.3 is 5.73 Å². The molecule has 0 radical (unpaired) electrons. The van der Waals surface area contributed by atoms with Gasteiger partial charge in [0.15, 0.2) is 0 Å². The Morgan fingerprint density at radius 3 is 2.48 bits per heavy atom. The molecule has 0 unspecified atom stereocenters. The molecule has 0 aliphatic heterocycles. The van der Waals surface area contributed by atoms with Gasteiger partial charge in [0.05, 0.1) is 5.69 Å². The maximum atomic E-state index is 12.6. The number of unbranched alkanes of at least 4 members (excludes halogenated alkanes) is 1. The number of nitrogens with two attached hydrogens (primary N) is 1. The monoisotopic (exact) mass is 344 g/mol. The van der Waals surface area contributed by atoms with Gasteiger partial charge >= 0.3 is 6.18 Å². The van der Waals surface area contributed by atoms with Crippen LogP contribution in [-0.4, -0.2) is 32.0 Å². The van der Waals surface area contributed by atoms with Crippen LogP contribution in [0.15, 0.2) is 23.1 Å². The van der Waals surface area contributed by atoms with Crippen LogP contribution in [0.25, 0.3) is 0 Å².